The fourth-order valence-electron chi connectivity index (χ4n) is 2.56. The van der Waals surface area contributed by atoms with E-state index in [4.69, 9.17) is 11.2 Å². The van der Waals surface area contributed by atoms with Crippen LogP contribution in [-0.4, -0.2) is 29.2 Å². The van der Waals surface area contributed by atoms with Crippen LogP contribution in [0.5, 0.6) is 0 Å². The Hall–Kier alpha value is -1.17. The molecule has 0 spiro atoms. The molecule has 0 aromatic carbocycles. The summed E-state index contributed by atoms with van der Waals surface area (Å²) in [6, 6.07) is -0.0476. The zero-order chi connectivity index (χ0) is 11.9. The monoisotopic (exact) mass is 221 g/mol. The number of carbonyl (C=O) groups is 1. The molecule has 0 aromatic rings. The molecule has 16 heavy (non-hydrogen) atoms. The molecule has 2 fully saturated rings. The lowest BCUT2D eigenvalue weighted by Gasteiger charge is -2.31. The van der Waals surface area contributed by atoms with Gasteiger partial charge in [-0.25, -0.2) is 4.79 Å². The molecular weight excluding hydrogens is 202 g/mol. The van der Waals surface area contributed by atoms with Gasteiger partial charge in [0.15, 0.2) is 0 Å². The van der Waals surface area contributed by atoms with Crippen LogP contribution in [0.2, 0.25) is 0 Å². The number of likely N-dealkylation sites (tertiary alicyclic amines) is 1. The number of terminal acetylenes is 1. The second-order valence-corrected chi connectivity index (χ2v) is 5.75. The molecular formula is C13H19NO2. The third kappa shape index (κ3) is 1.89. The van der Waals surface area contributed by atoms with Crippen LogP contribution in [0.25, 0.3) is 0 Å². The Kier molecular flexibility index (Phi) is 2.61. The molecule has 1 amide bonds. The van der Waals surface area contributed by atoms with Crippen molar-refractivity contribution >= 4 is 6.09 Å². The molecule has 0 aromatic heterocycles. The number of ether oxygens (including phenoxy) is 1. The number of amides is 1. The van der Waals surface area contributed by atoms with Crippen LogP contribution >= 0.6 is 0 Å². The molecule has 3 heteroatoms. The zero-order valence-corrected chi connectivity index (χ0v) is 10.2. The molecule has 0 N–H and O–H groups in total. The summed E-state index contributed by atoms with van der Waals surface area (Å²) in [7, 11) is 0. The lowest BCUT2D eigenvalue weighted by molar-refractivity contribution is 0.0250. The van der Waals surface area contributed by atoms with Gasteiger partial charge in [-0.15, -0.1) is 6.42 Å². The molecule has 1 saturated carbocycles. The predicted octanol–water partition coefficient (Wildman–Crippen LogP) is 2.27. The summed E-state index contributed by atoms with van der Waals surface area (Å²) < 4.78 is 5.37. The smallest absolute Gasteiger partial charge is 0.411 e. The molecule has 1 saturated heterocycles. The molecule has 2 rings (SSSR count). The first kappa shape index (κ1) is 11.3. The third-order valence-electron chi connectivity index (χ3n) is 3.45. The predicted molar refractivity (Wildman–Crippen MR) is 61.8 cm³/mol. The van der Waals surface area contributed by atoms with Gasteiger partial charge in [0.05, 0.1) is 6.04 Å². The van der Waals surface area contributed by atoms with E-state index in [0.717, 1.165) is 13.0 Å². The first-order valence-corrected chi connectivity index (χ1v) is 5.88. The lowest BCUT2D eigenvalue weighted by Crippen LogP contribution is -2.40. The van der Waals surface area contributed by atoms with Gasteiger partial charge >= 0.3 is 6.09 Å². The van der Waals surface area contributed by atoms with Gasteiger partial charge in [-0.05, 0) is 45.4 Å². The molecule has 3 atom stereocenters. The van der Waals surface area contributed by atoms with Crippen LogP contribution in [0.15, 0.2) is 0 Å². The maximum atomic E-state index is 12.0. The van der Waals surface area contributed by atoms with Crippen molar-refractivity contribution in [2.45, 2.75) is 45.3 Å². The first-order chi connectivity index (χ1) is 7.42. The summed E-state index contributed by atoms with van der Waals surface area (Å²) in [5, 5.41) is 0. The van der Waals surface area contributed by atoms with Gasteiger partial charge < -0.3 is 4.74 Å². The second-order valence-electron chi connectivity index (χ2n) is 5.75. The number of carbonyl (C=O) groups excluding carboxylic acids is 1. The minimum Gasteiger partial charge on any atom is -0.444 e. The minimum absolute atomic E-state index is 0.0476. The van der Waals surface area contributed by atoms with Gasteiger partial charge in [0, 0.05) is 6.54 Å². The number of rotatable bonds is 0. The average molecular weight is 221 g/mol. The quantitative estimate of drug-likeness (QED) is 0.587. The highest BCUT2D eigenvalue weighted by Crippen LogP contribution is 2.44. The van der Waals surface area contributed by atoms with Crippen LogP contribution in [0, 0.1) is 24.2 Å². The van der Waals surface area contributed by atoms with Crippen LogP contribution in [-0.2, 0) is 4.74 Å². The van der Waals surface area contributed by atoms with E-state index >= 15 is 0 Å². The molecule has 0 bridgehead atoms. The van der Waals surface area contributed by atoms with Crippen molar-refractivity contribution in [3.05, 3.63) is 0 Å². The van der Waals surface area contributed by atoms with Crippen molar-refractivity contribution < 1.29 is 9.53 Å². The lowest BCUT2D eigenvalue weighted by atomic mass is 9.73. The fourth-order valence-corrected chi connectivity index (χ4v) is 2.56. The maximum Gasteiger partial charge on any atom is 0.411 e. The molecule has 1 heterocycles. The molecule has 2 aliphatic rings. The number of hydrogen-bond acceptors (Lipinski definition) is 2. The SMILES string of the molecule is C#CC1C2CCC2CN1C(=O)OC(C)(C)C. The van der Waals surface area contributed by atoms with Gasteiger partial charge in [-0.3, -0.25) is 4.90 Å². The summed E-state index contributed by atoms with van der Waals surface area (Å²) in [4.78, 5) is 13.7. The Labute approximate surface area is 97.1 Å². The number of nitrogens with zero attached hydrogens (tertiary/aromatic N) is 1. The van der Waals surface area contributed by atoms with Gasteiger partial charge in [-0.1, -0.05) is 5.92 Å². The van der Waals surface area contributed by atoms with Crippen LogP contribution in [0.1, 0.15) is 33.6 Å². The number of fused-ring (bicyclic) bond motifs is 1. The topological polar surface area (TPSA) is 29.5 Å². The highest BCUT2D eigenvalue weighted by atomic mass is 16.6. The van der Waals surface area contributed by atoms with E-state index in [9.17, 15) is 4.79 Å². The van der Waals surface area contributed by atoms with Gasteiger partial charge in [0.1, 0.15) is 5.60 Å². The van der Waals surface area contributed by atoms with E-state index in [0.29, 0.717) is 11.8 Å². The van der Waals surface area contributed by atoms with Crippen molar-refractivity contribution in [2.24, 2.45) is 11.8 Å². The second kappa shape index (κ2) is 3.69. The molecule has 0 radical (unpaired) electrons. The fraction of sp³-hybridized carbons (Fsp3) is 0.769. The summed E-state index contributed by atoms with van der Waals surface area (Å²) in [5.41, 5.74) is -0.447. The Morgan fingerprint density at radius 2 is 2.12 bits per heavy atom. The summed E-state index contributed by atoms with van der Waals surface area (Å²) in [6.07, 6.45) is 7.60. The Morgan fingerprint density at radius 1 is 1.44 bits per heavy atom. The Morgan fingerprint density at radius 3 is 2.56 bits per heavy atom. The summed E-state index contributed by atoms with van der Waals surface area (Å²) in [6.45, 7) is 6.40. The highest BCUT2D eigenvalue weighted by molar-refractivity contribution is 5.70. The van der Waals surface area contributed by atoms with E-state index in [1.807, 2.05) is 20.8 Å². The Bertz CT molecular complexity index is 337. The van der Waals surface area contributed by atoms with Gasteiger partial charge in [0.2, 0.25) is 0 Å². The first-order valence-electron chi connectivity index (χ1n) is 5.88. The molecule has 88 valence electrons. The zero-order valence-electron chi connectivity index (χ0n) is 10.2. The van der Waals surface area contributed by atoms with Gasteiger partial charge in [-0.2, -0.15) is 0 Å². The van der Waals surface area contributed by atoms with Crippen molar-refractivity contribution in [3.63, 3.8) is 0 Å². The van der Waals surface area contributed by atoms with Crippen molar-refractivity contribution in [1.29, 1.82) is 0 Å². The van der Waals surface area contributed by atoms with E-state index < -0.39 is 5.60 Å². The molecule has 3 nitrogen and oxygen atoms in total. The highest BCUT2D eigenvalue weighted by Gasteiger charge is 2.48. The van der Waals surface area contributed by atoms with Crippen molar-refractivity contribution in [3.8, 4) is 12.3 Å². The third-order valence-corrected chi connectivity index (χ3v) is 3.45. The van der Waals surface area contributed by atoms with Crippen LogP contribution < -0.4 is 0 Å². The summed E-state index contributed by atoms with van der Waals surface area (Å²) >= 11 is 0. The molecule has 3 unspecified atom stereocenters. The van der Waals surface area contributed by atoms with Crippen molar-refractivity contribution in [1.82, 2.24) is 4.90 Å². The largest absolute Gasteiger partial charge is 0.444 e. The van der Waals surface area contributed by atoms with E-state index in [-0.39, 0.29) is 12.1 Å². The summed E-state index contributed by atoms with van der Waals surface area (Å²) in [5.74, 6) is 3.85. The van der Waals surface area contributed by atoms with E-state index in [1.165, 1.54) is 6.42 Å². The maximum absolute atomic E-state index is 12.0. The average Bonchev–Trinajstić information content (AvgIpc) is 2.35. The number of hydrogen-bond donors (Lipinski definition) is 0. The van der Waals surface area contributed by atoms with Crippen LogP contribution in [0.3, 0.4) is 0 Å². The van der Waals surface area contributed by atoms with Gasteiger partial charge in [0.25, 0.3) is 0 Å². The van der Waals surface area contributed by atoms with Crippen molar-refractivity contribution in [2.75, 3.05) is 6.54 Å². The molecule has 1 aliphatic carbocycles. The van der Waals surface area contributed by atoms with Crippen LogP contribution in [0.4, 0.5) is 4.79 Å². The minimum atomic E-state index is -0.447. The standard InChI is InChI=1S/C13H19NO2/c1-5-11-10-7-6-9(10)8-14(11)12(15)16-13(2,3)4/h1,9-11H,6-8H2,2-4H3. The normalized spacial score (nSPS) is 32.6. The molecule has 1 aliphatic heterocycles. The van der Waals surface area contributed by atoms with E-state index in [2.05, 4.69) is 5.92 Å². The van der Waals surface area contributed by atoms with E-state index in [1.54, 1.807) is 4.90 Å². The Balaban J connectivity index is 2.04.